The van der Waals surface area contributed by atoms with Crippen LogP contribution in [-0.4, -0.2) is 19.2 Å². The average molecular weight is 205 g/mol. The van der Waals surface area contributed by atoms with E-state index >= 15 is 0 Å². The van der Waals surface area contributed by atoms with Crippen molar-refractivity contribution in [3.63, 3.8) is 0 Å². The highest BCUT2D eigenvalue weighted by molar-refractivity contribution is 5.18. The number of nitrogens with one attached hydrogen (secondary N) is 1. The van der Waals surface area contributed by atoms with Crippen molar-refractivity contribution in [3.8, 4) is 0 Å². The highest BCUT2D eigenvalue weighted by Crippen LogP contribution is 2.27. The van der Waals surface area contributed by atoms with Gasteiger partial charge in [-0.3, -0.25) is 0 Å². The summed E-state index contributed by atoms with van der Waals surface area (Å²) >= 11 is 0. The second kappa shape index (κ2) is 4.77. The molecule has 1 aromatic rings. The van der Waals surface area contributed by atoms with E-state index in [0.29, 0.717) is 12.0 Å². The molecule has 0 radical (unpaired) electrons. The second-order valence-electron chi connectivity index (χ2n) is 4.49. The van der Waals surface area contributed by atoms with Crippen LogP contribution in [0, 0.1) is 5.92 Å². The van der Waals surface area contributed by atoms with E-state index in [1.165, 1.54) is 5.56 Å². The minimum absolute atomic E-state index is 0.235. The molecule has 1 aliphatic heterocycles. The van der Waals surface area contributed by atoms with E-state index < -0.39 is 0 Å². The monoisotopic (exact) mass is 205 g/mol. The summed E-state index contributed by atoms with van der Waals surface area (Å²) in [4.78, 5) is 0. The van der Waals surface area contributed by atoms with Crippen LogP contribution in [0.4, 0.5) is 0 Å². The SMILES string of the molecule is CC(C)C(OC1CNC1)c1ccccc1. The first-order valence-electron chi connectivity index (χ1n) is 5.68. The lowest BCUT2D eigenvalue weighted by atomic mass is 9.98. The molecular formula is C13H19NO. The Kier molecular flexibility index (Phi) is 3.39. The summed E-state index contributed by atoms with van der Waals surface area (Å²) in [5.74, 6) is 0.521. The Hall–Kier alpha value is -0.860. The standard InChI is InChI=1S/C13H19NO/c1-10(2)13(15-12-8-14-9-12)11-6-4-3-5-7-11/h3-7,10,12-14H,8-9H2,1-2H3. The van der Waals surface area contributed by atoms with Gasteiger partial charge >= 0.3 is 0 Å². The van der Waals surface area contributed by atoms with Crippen molar-refractivity contribution in [2.24, 2.45) is 5.92 Å². The molecule has 2 rings (SSSR count). The van der Waals surface area contributed by atoms with Crippen LogP contribution in [0.5, 0.6) is 0 Å². The number of hydrogen-bond donors (Lipinski definition) is 1. The van der Waals surface area contributed by atoms with Crippen LogP contribution >= 0.6 is 0 Å². The number of benzene rings is 1. The minimum atomic E-state index is 0.235. The largest absolute Gasteiger partial charge is 0.367 e. The molecule has 1 atom stereocenters. The molecule has 1 aliphatic rings. The maximum atomic E-state index is 6.07. The number of rotatable bonds is 4. The smallest absolute Gasteiger partial charge is 0.0852 e. The zero-order chi connectivity index (χ0) is 10.7. The quantitative estimate of drug-likeness (QED) is 0.814. The lowest BCUT2D eigenvalue weighted by Gasteiger charge is -2.33. The third-order valence-electron chi connectivity index (χ3n) is 2.82. The van der Waals surface area contributed by atoms with Gasteiger partial charge in [-0.1, -0.05) is 44.2 Å². The van der Waals surface area contributed by atoms with E-state index in [-0.39, 0.29) is 6.10 Å². The number of hydrogen-bond acceptors (Lipinski definition) is 2. The molecule has 1 N–H and O–H groups in total. The Balaban J connectivity index is 2.05. The van der Waals surface area contributed by atoms with Gasteiger partial charge in [0.1, 0.15) is 0 Å². The van der Waals surface area contributed by atoms with E-state index in [1.807, 2.05) is 6.07 Å². The fourth-order valence-electron chi connectivity index (χ4n) is 1.83. The van der Waals surface area contributed by atoms with Crippen molar-refractivity contribution in [1.29, 1.82) is 0 Å². The molecule has 2 nitrogen and oxygen atoms in total. The Morgan fingerprint density at radius 2 is 1.87 bits per heavy atom. The lowest BCUT2D eigenvalue weighted by molar-refractivity contribution is -0.0597. The van der Waals surface area contributed by atoms with Crippen LogP contribution in [0.25, 0.3) is 0 Å². The van der Waals surface area contributed by atoms with E-state index in [4.69, 9.17) is 4.74 Å². The van der Waals surface area contributed by atoms with Gasteiger partial charge in [-0.15, -0.1) is 0 Å². The maximum Gasteiger partial charge on any atom is 0.0852 e. The molecule has 0 aromatic heterocycles. The zero-order valence-electron chi connectivity index (χ0n) is 9.44. The summed E-state index contributed by atoms with van der Waals surface area (Å²) in [5.41, 5.74) is 1.29. The molecule has 2 heteroatoms. The molecule has 0 amide bonds. The third kappa shape index (κ3) is 2.58. The summed E-state index contributed by atoms with van der Waals surface area (Å²) in [5, 5.41) is 3.23. The molecular weight excluding hydrogens is 186 g/mol. The highest BCUT2D eigenvalue weighted by atomic mass is 16.5. The summed E-state index contributed by atoms with van der Waals surface area (Å²) in [6.45, 7) is 6.42. The first-order chi connectivity index (χ1) is 7.27. The van der Waals surface area contributed by atoms with Crippen molar-refractivity contribution < 1.29 is 4.74 Å². The number of ether oxygens (including phenoxy) is 1. The summed E-state index contributed by atoms with van der Waals surface area (Å²) in [7, 11) is 0. The van der Waals surface area contributed by atoms with Gasteiger partial charge < -0.3 is 10.1 Å². The predicted molar refractivity (Wildman–Crippen MR) is 61.8 cm³/mol. The van der Waals surface area contributed by atoms with Crippen molar-refractivity contribution in [2.75, 3.05) is 13.1 Å². The lowest BCUT2D eigenvalue weighted by Crippen LogP contribution is -2.49. The van der Waals surface area contributed by atoms with Crippen molar-refractivity contribution >= 4 is 0 Å². The van der Waals surface area contributed by atoms with E-state index in [0.717, 1.165) is 13.1 Å². The van der Waals surface area contributed by atoms with Crippen LogP contribution in [0.1, 0.15) is 25.5 Å². The van der Waals surface area contributed by atoms with Crippen molar-refractivity contribution in [2.45, 2.75) is 26.1 Å². The van der Waals surface area contributed by atoms with Crippen LogP contribution in [0.3, 0.4) is 0 Å². The maximum absolute atomic E-state index is 6.07. The average Bonchev–Trinajstić information content (AvgIpc) is 2.17. The molecule has 1 unspecified atom stereocenters. The van der Waals surface area contributed by atoms with Gasteiger partial charge in [0.25, 0.3) is 0 Å². The van der Waals surface area contributed by atoms with Gasteiger partial charge in [-0.05, 0) is 11.5 Å². The minimum Gasteiger partial charge on any atom is -0.367 e. The van der Waals surface area contributed by atoms with Crippen LogP contribution in [0.15, 0.2) is 30.3 Å². The molecule has 0 aliphatic carbocycles. The van der Waals surface area contributed by atoms with Gasteiger partial charge in [0.05, 0.1) is 12.2 Å². The van der Waals surface area contributed by atoms with E-state index in [2.05, 4.69) is 43.4 Å². The van der Waals surface area contributed by atoms with Crippen molar-refractivity contribution in [1.82, 2.24) is 5.32 Å². The fourth-order valence-corrected chi connectivity index (χ4v) is 1.83. The highest BCUT2D eigenvalue weighted by Gasteiger charge is 2.24. The Morgan fingerprint density at radius 1 is 1.20 bits per heavy atom. The van der Waals surface area contributed by atoms with Crippen LogP contribution in [0.2, 0.25) is 0 Å². The zero-order valence-corrected chi connectivity index (χ0v) is 9.44. The van der Waals surface area contributed by atoms with Crippen molar-refractivity contribution in [3.05, 3.63) is 35.9 Å². The molecule has 15 heavy (non-hydrogen) atoms. The van der Waals surface area contributed by atoms with Crippen LogP contribution in [-0.2, 0) is 4.74 Å². The van der Waals surface area contributed by atoms with Gasteiger partial charge in [-0.2, -0.15) is 0 Å². The van der Waals surface area contributed by atoms with Crippen LogP contribution < -0.4 is 5.32 Å². The second-order valence-corrected chi connectivity index (χ2v) is 4.49. The van der Waals surface area contributed by atoms with Gasteiger partial charge in [0.15, 0.2) is 0 Å². The first kappa shape index (κ1) is 10.7. The summed E-state index contributed by atoms with van der Waals surface area (Å²) < 4.78 is 6.07. The normalized spacial score (nSPS) is 18.9. The first-order valence-corrected chi connectivity index (χ1v) is 5.68. The molecule has 1 aromatic carbocycles. The topological polar surface area (TPSA) is 21.3 Å². The molecule has 1 saturated heterocycles. The molecule has 0 spiro atoms. The third-order valence-corrected chi connectivity index (χ3v) is 2.82. The Morgan fingerprint density at radius 3 is 2.33 bits per heavy atom. The van der Waals surface area contributed by atoms with E-state index in [1.54, 1.807) is 0 Å². The molecule has 1 heterocycles. The van der Waals surface area contributed by atoms with Gasteiger partial charge in [-0.25, -0.2) is 0 Å². The molecule has 0 bridgehead atoms. The summed E-state index contributed by atoms with van der Waals surface area (Å²) in [6.07, 6.45) is 0.635. The molecule has 82 valence electrons. The van der Waals surface area contributed by atoms with E-state index in [9.17, 15) is 0 Å². The molecule has 1 fully saturated rings. The van der Waals surface area contributed by atoms with Gasteiger partial charge in [0, 0.05) is 13.1 Å². The summed E-state index contributed by atoms with van der Waals surface area (Å²) in [6, 6.07) is 10.5. The fraction of sp³-hybridized carbons (Fsp3) is 0.538. The predicted octanol–water partition coefficient (Wildman–Crippen LogP) is 2.37. The Labute approximate surface area is 91.6 Å². The molecule has 0 saturated carbocycles. The Bertz CT molecular complexity index is 293. The van der Waals surface area contributed by atoms with Gasteiger partial charge in [0.2, 0.25) is 0 Å².